The molecule has 0 aromatic heterocycles. The third-order valence-corrected chi connectivity index (χ3v) is 4.33. The van der Waals surface area contributed by atoms with Gasteiger partial charge in [0.05, 0.1) is 6.10 Å². The van der Waals surface area contributed by atoms with Crippen LogP contribution in [0.3, 0.4) is 0 Å². The molecule has 6 heteroatoms. The number of carboxylic acids is 1. The highest BCUT2D eigenvalue weighted by Crippen LogP contribution is 2.33. The lowest BCUT2D eigenvalue weighted by molar-refractivity contribution is -0.139. The molecule has 1 aliphatic rings. The van der Waals surface area contributed by atoms with Crippen LogP contribution in [0.4, 0.5) is 0 Å². The maximum atomic E-state index is 12.4. The zero-order valence-corrected chi connectivity index (χ0v) is 14.3. The fraction of sp³-hybridized carbons (Fsp3) is 0.300. The Labute approximate surface area is 151 Å². The number of ether oxygens (including phenoxy) is 2. The summed E-state index contributed by atoms with van der Waals surface area (Å²) in [5.41, 5.74) is 1.55. The van der Waals surface area contributed by atoms with Crippen molar-refractivity contribution in [1.29, 1.82) is 0 Å². The second-order valence-electron chi connectivity index (χ2n) is 6.17. The molecule has 2 atom stereocenters. The van der Waals surface area contributed by atoms with Gasteiger partial charge in [0.2, 0.25) is 0 Å². The number of nitrogens with one attached hydrogen (secondary N) is 1. The van der Waals surface area contributed by atoms with Crippen LogP contribution in [0.25, 0.3) is 0 Å². The van der Waals surface area contributed by atoms with Crippen LogP contribution < -0.4 is 10.1 Å². The number of rotatable bonds is 7. The predicted molar refractivity (Wildman–Crippen MR) is 95.1 cm³/mol. The molecule has 2 aromatic carbocycles. The third-order valence-electron chi connectivity index (χ3n) is 4.33. The summed E-state index contributed by atoms with van der Waals surface area (Å²) < 4.78 is 10.9. The molecule has 6 nitrogen and oxygen atoms in total. The Balaban J connectivity index is 1.58. The van der Waals surface area contributed by atoms with Crippen molar-refractivity contribution in [2.75, 3.05) is 19.8 Å². The number of amides is 1. The number of carboxylic acid groups (broad SMARTS) is 1. The van der Waals surface area contributed by atoms with Crippen molar-refractivity contribution >= 4 is 11.9 Å². The number of carbonyl (C=O) groups excluding carboxylic acids is 1. The van der Waals surface area contributed by atoms with Gasteiger partial charge in [0.1, 0.15) is 5.75 Å². The van der Waals surface area contributed by atoms with E-state index in [0.717, 1.165) is 12.0 Å². The molecule has 1 aliphatic heterocycles. The van der Waals surface area contributed by atoms with Crippen molar-refractivity contribution in [2.24, 2.45) is 5.92 Å². The summed E-state index contributed by atoms with van der Waals surface area (Å²) in [5.74, 6) is -0.711. The molecule has 26 heavy (non-hydrogen) atoms. The summed E-state index contributed by atoms with van der Waals surface area (Å²) in [6.45, 7) is 0.750. The molecule has 136 valence electrons. The fourth-order valence-corrected chi connectivity index (χ4v) is 3.05. The Kier molecular flexibility index (Phi) is 5.86. The predicted octanol–water partition coefficient (Wildman–Crippen LogP) is 2.66. The van der Waals surface area contributed by atoms with Gasteiger partial charge >= 0.3 is 5.97 Å². The maximum absolute atomic E-state index is 12.4. The van der Waals surface area contributed by atoms with Crippen molar-refractivity contribution in [3.05, 3.63) is 65.7 Å². The molecule has 1 heterocycles. The van der Waals surface area contributed by atoms with E-state index in [1.54, 1.807) is 18.2 Å². The molecular formula is C20H21NO5. The van der Waals surface area contributed by atoms with Gasteiger partial charge in [-0.05, 0) is 30.2 Å². The second kappa shape index (κ2) is 8.49. The van der Waals surface area contributed by atoms with Crippen LogP contribution >= 0.6 is 0 Å². The number of hydrogen-bond donors (Lipinski definition) is 2. The van der Waals surface area contributed by atoms with Crippen LogP contribution in [0.2, 0.25) is 0 Å². The second-order valence-corrected chi connectivity index (χ2v) is 6.17. The summed E-state index contributed by atoms with van der Waals surface area (Å²) in [4.78, 5) is 23.0. The largest absolute Gasteiger partial charge is 0.482 e. The molecular weight excluding hydrogens is 334 g/mol. The van der Waals surface area contributed by atoms with Gasteiger partial charge in [0.15, 0.2) is 6.61 Å². The minimum absolute atomic E-state index is 0.0123. The lowest BCUT2D eigenvalue weighted by atomic mass is 9.95. The van der Waals surface area contributed by atoms with E-state index in [1.807, 2.05) is 30.3 Å². The monoisotopic (exact) mass is 355 g/mol. The standard InChI is InChI=1S/C20H21NO5/c22-18(23)13-26-17-8-4-7-15(11-17)20(24)21-12-16-9-10-25-19(16)14-5-2-1-3-6-14/h1-8,11,16,19H,9-10,12-13H2,(H,21,24)(H,22,23)/t16-,19-/m0/s1. The SMILES string of the molecule is O=C(O)COc1cccc(C(=O)NC[C@@H]2CCO[C@H]2c2ccccc2)c1. The highest BCUT2D eigenvalue weighted by atomic mass is 16.5. The van der Waals surface area contributed by atoms with Gasteiger partial charge in [-0.3, -0.25) is 4.79 Å². The van der Waals surface area contributed by atoms with Crippen molar-refractivity contribution in [3.8, 4) is 5.75 Å². The van der Waals surface area contributed by atoms with Crippen LogP contribution in [0.5, 0.6) is 5.75 Å². The maximum Gasteiger partial charge on any atom is 0.341 e. The molecule has 1 amide bonds. The van der Waals surface area contributed by atoms with Gasteiger partial charge in [-0.15, -0.1) is 0 Å². The van der Waals surface area contributed by atoms with Crippen LogP contribution in [-0.4, -0.2) is 36.7 Å². The van der Waals surface area contributed by atoms with Gasteiger partial charge < -0.3 is 19.9 Å². The topological polar surface area (TPSA) is 84.9 Å². The van der Waals surface area contributed by atoms with Gasteiger partial charge in [-0.2, -0.15) is 0 Å². The minimum atomic E-state index is -1.06. The Morgan fingerprint density at radius 3 is 2.73 bits per heavy atom. The van der Waals surface area contributed by atoms with Crippen molar-refractivity contribution in [2.45, 2.75) is 12.5 Å². The van der Waals surface area contributed by atoms with Crippen LogP contribution in [0, 0.1) is 5.92 Å². The quantitative estimate of drug-likeness (QED) is 0.798. The average molecular weight is 355 g/mol. The highest BCUT2D eigenvalue weighted by Gasteiger charge is 2.29. The lowest BCUT2D eigenvalue weighted by Crippen LogP contribution is -2.30. The van der Waals surface area contributed by atoms with Gasteiger partial charge in [-0.25, -0.2) is 4.79 Å². The summed E-state index contributed by atoms with van der Waals surface area (Å²) in [6.07, 6.45) is 0.878. The molecule has 0 saturated carbocycles. The van der Waals surface area contributed by atoms with E-state index in [2.05, 4.69) is 5.32 Å². The van der Waals surface area contributed by atoms with E-state index in [-0.39, 0.29) is 17.9 Å². The first-order valence-corrected chi connectivity index (χ1v) is 8.53. The smallest absolute Gasteiger partial charge is 0.341 e. The summed E-state index contributed by atoms with van der Waals surface area (Å²) in [6, 6.07) is 16.5. The van der Waals surface area contributed by atoms with E-state index in [0.29, 0.717) is 24.5 Å². The van der Waals surface area contributed by atoms with Crippen LogP contribution in [-0.2, 0) is 9.53 Å². The molecule has 0 radical (unpaired) electrons. The van der Waals surface area contributed by atoms with E-state index in [4.69, 9.17) is 14.6 Å². The summed E-state index contributed by atoms with van der Waals surface area (Å²) in [7, 11) is 0. The van der Waals surface area contributed by atoms with E-state index in [9.17, 15) is 9.59 Å². The third kappa shape index (κ3) is 4.61. The molecule has 2 aromatic rings. The van der Waals surface area contributed by atoms with Crippen molar-refractivity contribution in [1.82, 2.24) is 5.32 Å². The molecule has 3 rings (SSSR count). The Morgan fingerprint density at radius 2 is 1.96 bits per heavy atom. The van der Waals surface area contributed by atoms with Crippen LogP contribution in [0.1, 0.15) is 28.4 Å². The zero-order chi connectivity index (χ0) is 18.4. The number of benzene rings is 2. The fourth-order valence-electron chi connectivity index (χ4n) is 3.05. The minimum Gasteiger partial charge on any atom is -0.482 e. The van der Waals surface area contributed by atoms with Gasteiger partial charge in [0.25, 0.3) is 5.91 Å². The first-order chi connectivity index (χ1) is 12.6. The Morgan fingerprint density at radius 1 is 1.15 bits per heavy atom. The Bertz CT molecular complexity index is 762. The van der Waals surface area contributed by atoms with E-state index < -0.39 is 12.6 Å². The normalized spacial score (nSPS) is 19.1. The molecule has 0 unspecified atom stereocenters. The van der Waals surface area contributed by atoms with Gasteiger partial charge in [0, 0.05) is 24.6 Å². The van der Waals surface area contributed by atoms with E-state index >= 15 is 0 Å². The summed E-state index contributed by atoms with van der Waals surface area (Å²) >= 11 is 0. The number of aliphatic carboxylic acids is 1. The molecule has 1 saturated heterocycles. The van der Waals surface area contributed by atoms with Crippen molar-refractivity contribution < 1.29 is 24.2 Å². The van der Waals surface area contributed by atoms with Crippen molar-refractivity contribution in [3.63, 3.8) is 0 Å². The lowest BCUT2D eigenvalue weighted by Gasteiger charge is -2.19. The highest BCUT2D eigenvalue weighted by molar-refractivity contribution is 5.94. The molecule has 2 N–H and O–H groups in total. The zero-order valence-electron chi connectivity index (χ0n) is 14.3. The molecule has 0 bridgehead atoms. The first-order valence-electron chi connectivity index (χ1n) is 8.53. The van der Waals surface area contributed by atoms with Crippen LogP contribution in [0.15, 0.2) is 54.6 Å². The molecule has 1 fully saturated rings. The van der Waals surface area contributed by atoms with E-state index in [1.165, 1.54) is 6.07 Å². The number of hydrogen-bond acceptors (Lipinski definition) is 4. The van der Waals surface area contributed by atoms with Gasteiger partial charge in [-0.1, -0.05) is 36.4 Å². The average Bonchev–Trinajstić information content (AvgIpc) is 3.14. The summed E-state index contributed by atoms with van der Waals surface area (Å²) in [5, 5.41) is 11.6. The molecule has 0 spiro atoms. The Hall–Kier alpha value is -2.86. The molecule has 0 aliphatic carbocycles. The number of carbonyl (C=O) groups is 2. The first kappa shape index (κ1) is 17.9.